The van der Waals surface area contributed by atoms with E-state index in [4.69, 9.17) is 4.98 Å². The van der Waals surface area contributed by atoms with Gasteiger partial charge in [0, 0.05) is 28.9 Å². The summed E-state index contributed by atoms with van der Waals surface area (Å²) >= 11 is 3.42. The molecule has 0 saturated carbocycles. The van der Waals surface area contributed by atoms with Gasteiger partial charge < -0.3 is 5.11 Å². The highest BCUT2D eigenvalue weighted by atomic mass is 32.1. The van der Waals surface area contributed by atoms with E-state index in [9.17, 15) is 5.11 Å². The number of nitrogens with zero attached hydrogens (tertiary/aromatic N) is 2. The Morgan fingerprint density at radius 2 is 2.35 bits per heavy atom. The van der Waals surface area contributed by atoms with Crippen molar-refractivity contribution < 1.29 is 5.11 Å². The lowest BCUT2D eigenvalue weighted by Crippen LogP contribution is -2.45. The minimum absolute atomic E-state index is 0.259. The van der Waals surface area contributed by atoms with Crippen LogP contribution >= 0.6 is 22.7 Å². The molecule has 0 aliphatic carbocycles. The van der Waals surface area contributed by atoms with Crippen molar-refractivity contribution in [1.82, 2.24) is 9.88 Å². The molecule has 1 fully saturated rings. The molecule has 0 radical (unpaired) electrons. The van der Waals surface area contributed by atoms with Crippen molar-refractivity contribution >= 4 is 22.7 Å². The van der Waals surface area contributed by atoms with Gasteiger partial charge in [-0.3, -0.25) is 4.90 Å². The summed E-state index contributed by atoms with van der Waals surface area (Å²) in [5.41, 5.74) is 2.35. The van der Waals surface area contributed by atoms with Gasteiger partial charge in [-0.1, -0.05) is 6.42 Å². The molecule has 2 aromatic rings. The van der Waals surface area contributed by atoms with Crippen LogP contribution in [0.15, 0.2) is 22.2 Å². The van der Waals surface area contributed by atoms with Gasteiger partial charge in [0.25, 0.3) is 0 Å². The van der Waals surface area contributed by atoms with Gasteiger partial charge >= 0.3 is 0 Å². The number of hydrogen-bond donors (Lipinski definition) is 1. The lowest BCUT2D eigenvalue weighted by molar-refractivity contribution is 0.0311. The molecule has 1 saturated heterocycles. The Balaban J connectivity index is 1.71. The van der Waals surface area contributed by atoms with E-state index in [0.717, 1.165) is 30.2 Å². The summed E-state index contributed by atoms with van der Waals surface area (Å²) in [5.74, 6) is 0. The van der Waals surface area contributed by atoms with Crippen LogP contribution in [0.2, 0.25) is 0 Å². The maximum Gasteiger partial charge on any atom is 0.124 e. The first-order chi connectivity index (χ1) is 9.74. The number of hydrogen-bond acceptors (Lipinski definition) is 5. The number of thiophene rings is 1. The zero-order valence-electron chi connectivity index (χ0n) is 11.7. The number of thiazole rings is 1. The molecule has 1 aliphatic heterocycles. The molecule has 20 heavy (non-hydrogen) atoms. The van der Waals surface area contributed by atoms with Gasteiger partial charge in [0.15, 0.2) is 0 Å². The molecule has 3 rings (SSSR count). The molecule has 2 unspecified atom stereocenters. The molecule has 0 bridgehead atoms. The Morgan fingerprint density at radius 3 is 3.10 bits per heavy atom. The molecule has 3 nitrogen and oxygen atoms in total. The predicted octanol–water partition coefficient (Wildman–Crippen LogP) is 3.61. The van der Waals surface area contributed by atoms with Crippen LogP contribution in [0.1, 0.15) is 31.9 Å². The summed E-state index contributed by atoms with van der Waals surface area (Å²) < 4.78 is 0. The van der Waals surface area contributed by atoms with Gasteiger partial charge in [0.05, 0.1) is 11.8 Å². The van der Waals surface area contributed by atoms with Gasteiger partial charge in [-0.25, -0.2) is 4.98 Å². The fourth-order valence-corrected chi connectivity index (χ4v) is 4.39. The van der Waals surface area contributed by atoms with Crippen molar-refractivity contribution in [2.24, 2.45) is 0 Å². The first-order valence-corrected chi connectivity index (χ1v) is 8.95. The van der Waals surface area contributed by atoms with E-state index in [2.05, 4.69) is 27.1 Å². The van der Waals surface area contributed by atoms with E-state index in [-0.39, 0.29) is 12.1 Å². The van der Waals surface area contributed by atoms with E-state index < -0.39 is 0 Å². The molecule has 2 atom stereocenters. The molecule has 3 heterocycles. The zero-order valence-corrected chi connectivity index (χ0v) is 13.3. The minimum Gasteiger partial charge on any atom is -0.392 e. The maximum absolute atomic E-state index is 9.92. The summed E-state index contributed by atoms with van der Waals surface area (Å²) in [5, 5.41) is 17.4. The monoisotopic (exact) mass is 308 g/mol. The molecular formula is C15H20N2OS2. The number of aliphatic hydroxyl groups excluding tert-OH is 1. The molecule has 2 aromatic heterocycles. The second kappa shape index (κ2) is 6.35. The van der Waals surface area contributed by atoms with E-state index in [1.54, 1.807) is 22.7 Å². The van der Waals surface area contributed by atoms with Gasteiger partial charge in [0.1, 0.15) is 5.01 Å². The average molecular weight is 308 g/mol. The fourth-order valence-electron chi connectivity index (χ4n) is 2.87. The van der Waals surface area contributed by atoms with E-state index in [1.165, 1.54) is 18.4 Å². The third-order valence-electron chi connectivity index (χ3n) is 3.91. The number of rotatable bonds is 4. The van der Waals surface area contributed by atoms with E-state index >= 15 is 0 Å². The summed E-state index contributed by atoms with van der Waals surface area (Å²) in [6.07, 6.45) is 3.29. The van der Waals surface area contributed by atoms with Crippen molar-refractivity contribution in [2.75, 3.05) is 6.54 Å². The molecular weight excluding hydrogens is 288 g/mol. The van der Waals surface area contributed by atoms with Gasteiger partial charge in [0.2, 0.25) is 0 Å². The number of aromatic nitrogens is 1. The molecule has 0 amide bonds. The quantitative estimate of drug-likeness (QED) is 0.937. The summed E-state index contributed by atoms with van der Waals surface area (Å²) in [6.45, 7) is 3.83. The van der Waals surface area contributed by atoms with Crippen molar-refractivity contribution in [3.8, 4) is 10.6 Å². The maximum atomic E-state index is 9.92. The number of aliphatic hydroxyl groups is 1. The lowest BCUT2D eigenvalue weighted by atomic mass is 9.98. The van der Waals surface area contributed by atoms with E-state index in [1.807, 2.05) is 6.92 Å². The van der Waals surface area contributed by atoms with E-state index in [0.29, 0.717) is 0 Å². The van der Waals surface area contributed by atoms with Crippen LogP contribution in [0.5, 0.6) is 0 Å². The van der Waals surface area contributed by atoms with Crippen molar-refractivity contribution in [1.29, 1.82) is 0 Å². The van der Waals surface area contributed by atoms with Crippen LogP contribution in [0, 0.1) is 0 Å². The summed E-state index contributed by atoms with van der Waals surface area (Å²) in [6, 6.07) is 2.40. The van der Waals surface area contributed by atoms with Gasteiger partial charge in [-0.15, -0.1) is 11.3 Å². The van der Waals surface area contributed by atoms with Crippen molar-refractivity contribution in [2.45, 2.75) is 44.9 Å². The Hall–Kier alpha value is -0.750. The lowest BCUT2D eigenvalue weighted by Gasteiger charge is -2.36. The highest BCUT2D eigenvalue weighted by Gasteiger charge is 2.26. The van der Waals surface area contributed by atoms with Crippen molar-refractivity contribution in [3.05, 3.63) is 27.9 Å². The van der Waals surface area contributed by atoms with Crippen LogP contribution in [-0.4, -0.2) is 33.7 Å². The smallest absolute Gasteiger partial charge is 0.124 e. The third-order valence-corrected chi connectivity index (χ3v) is 5.53. The number of likely N-dealkylation sites (tertiary alicyclic amines) is 1. The molecule has 5 heteroatoms. The Labute approximate surface area is 127 Å². The van der Waals surface area contributed by atoms with Crippen LogP contribution in [-0.2, 0) is 6.54 Å². The number of piperidine rings is 1. The Morgan fingerprint density at radius 1 is 1.45 bits per heavy atom. The SMILES string of the molecule is CC(O)C1CCCCN1Cc1csc(-c2ccsc2)n1. The molecule has 0 spiro atoms. The standard InChI is InChI=1S/C15H20N2OS2/c1-11(18)14-4-2-3-6-17(14)8-13-10-20-15(16-13)12-5-7-19-9-12/h5,7,9-11,14,18H,2-4,6,8H2,1H3. The van der Waals surface area contributed by atoms with Crippen LogP contribution in [0.4, 0.5) is 0 Å². The molecule has 1 N–H and O–H groups in total. The first-order valence-electron chi connectivity index (χ1n) is 7.13. The highest BCUT2D eigenvalue weighted by Crippen LogP contribution is 2.27. The summed E-state index contributed by atoms with van der Waals surface area (Å²) in [4.78, 5) is 7.13. The normalized spacial score (nSPS) is 22.0. The van der Waals surface area contributed by atoms with Gasteiger partial charge in [-0.05, 0) is 37.8 Å². The van der Waals surface area contributed by atoms with Crippen LogP contribution in [0.3, 0.4) is 0 Å². The Bertz CT molecular complexity index is 536. The average Bonchev–Trinajstić information content (AvgIpc) is 3.09. The minimum atomic E-state index is -0.259. The zero-order chi connectivity index (χ0) is 13.9. The largest absolute Gasteiger partial charge is 0.392 e. The molecule has 0 aromatic carbocycles. The summed E-state index contributed by atoms with van der Waals surface area (Å²) in [7, 11) is 0. The topological polar surface area (TPSA) is 36.4 Å². The second-order valence-electron chi connectivity index (χ2n) is 5.43. The first kappa shape index (κ1) is 14.2. The van der Waals surface area contributed by atoms with Gasteiger partial charge in [-0.2, -0.15) is 11.3 Å². The molecule has 108 valence electrons. The second-order valence-corrected chi connectivity index (χ2v) is 7.07. The third kappa shape index (κ3) is 3.11. The fraction of sp³-hybridized carbons (Fsp3) is 0.533. The molecule has 1 aliphatic rings. The van der Waals surface area contributed by atoms with Crippen LogP contribution in [0.25, 0.3) is 10.6 Å². The van der Waals surface area contributed by atoms with Crippen LogP contribution < -0.4 is 0 Å². The highest BCUT2D eigenvalue weighted by molar-refractivity contribution is 7.14. The predicted molar refractivity (Wildman–Crippen MR) is 85.2 cm³/mol. The van der Waals surface area contributed by atoms with Crippen molar-refractivity contribution in [3.63, 3.8) is 0 Å². The Kier molecular flexibility index (Phi) is 4.51.